The number of anilines is 1. The number of sulfonamides is 1. The van der Waals surface area contributed by atoms with Gasteiger partial charge in [-0.15, -0.1) is 0 Å². The van der Waals surface area contributed by atoms with Crippen LogP contribution in [0, 0.1) is 13.8 Å². The molecule has 0 unspecified atom stereocenters. The SMILES string of the molecule is CCCN(CCC)S(=O)(=O)c1ccc(C(=O)N(CCn2nc(C)cc2C)c2nc3c(OCC)cccc3s2)cc1. The number of hydrogen-bond acceptors (Lipinski definition) is 7. The number of benzene rings is 2. The molecule has 4 aromatic rings. The number of nitrogens with zero attached hydrogens (tertiary/aromatic N) is 5. The molecule has 4 rings (SSSR count). The maximum absolute atomic E-state index is 13.9. The molecule has 0 spiro atoms. The minimum Gasteiger partial charge on any atom is -0.492 e. The monoisotopic (exact) mass is 583 g/mol. The van der Waals surface area contributed by atoms with E-state index in [0.29, 0.717) is 54.7 Å². The van der Waals surface area contributed by atoms with E-state index in [1.165, 1.54) is 27.8 Å². The fourth-order valence-electron chi connectivity index (χ4n) is 4.60. The summed E-state index contributed by atoms with van der Waals surface area (Å²) in [5, 5.41) is 5.09. The first-order valence-corrected chi connectivity index (χ1v) is 15.9. The Labute approximate surface area is 240 Å². The minimum atomic E-state index is -3.64. The Kier molecular flexibility index (Phi) is 9.60. The van der Waals surface area contributed by atoms with Gasteiger partial charge in [-0.2, -0.15) is 9.40 Å². The minimum absolute atomic E-state index is 0.182. The van der Waals surface area contributed by atoms with Crippen molar-refractivity contribution in [2.24, 2.45) is 0 Å². The van der Waals surface area contributed by atoms with Crippen LogP contribution >= 0.6 is 11.3 Å². The van der Waals surface area contributed by atoms with Gasteiger partial charge in [-0.3, -0.25) is 14.4 Å². The van der Waals surface area contributed by atoms with Gasteiger partial charge < -0.3 is 4.74 Å². The van der Waals surface area contributed by atoms with E-state index in [0.717, 1.165) is 28.9 Å². The topological polar surface area (TPSA) is 97.6 Å². The summed E-state index contributed by atoms with van der Waals surface area (Å²) in [6.07, 6.45) is 1.46. The molecule has 0 saturated heterocycles. The molecule has 0 atom stereocenters. The van der Waals surface area contributed by atoms with Gasteiger partial charge in [0.1, 0.15) is 11.3 Å². The first-order valence-electron chi connectivity index (χ1n) is 13.6. The molecule has 0 saturated carbocycles. The predicted molar refractivity (Wildman–Crippen MR) is 160 cm³/mol. The van der Waals surface area contributed by atoms with Gasteiger partial charge in [-0.05, 0) is 76.1 Å². The summed E-state index contributed by atoms with van der Waals surface area (Å²) in [6.45, 7) is 12.0. The standard InChI is InChI=1S/C29H37N5O4S2/c1-6-16-32(17-7-2)40(36,37)24-14-12-23(13-15-24)28(35)33(18-19-34-22(5)20-21(4)31-34)29-30-27-25(38-8-3)10-9-11-26(27)39-29/h9-15,20H,6-8,16-19H2,1-5H3. The van der Waals surface area contributed by atoms with Gasteiger partial charge in [0.25, 0.3) is 5.91 Å². The number of ether oxygens (including phenoxy) is 1. The van der Waals surface area contributed by atoms with Crippen molar-refractivity contribution in [3.8, 4) is 5.75 Å². The maximum Gasteiger partial charge on any atom is 0.260 e. The van der Waals surface area contributed by atoms with Crippen LogP contribution < -0.4 is 9.64 Å². The van der Waals surface area contributed by atoms with Crippen LogP contribution in [0.4, 0.5) is 5.13 Å². The van der Waals surface area contributed by atoms with Crippen molar-refractivity contribution in [3.63, 3.8) is 0 Å². The van der Waals surface area contributed by atoms with Crippen molar-refractivity contribution in [2.75, 3.05) is 31.1 Å². The Morgan fingerprint density at radius 3 is 2.30 bits per heavy atom. The number of fused-ring (bicyclic) bond motifs is 1. The number of aromatic nitrogens is 3. The molecule has 2 heterocycles. The van der Waals surface area contributed by atoms with Crippen LogP contribution in [0.25, 0.3) is 10.2 Å². The van der Waals surface area contributed by atoms with Crippen molar-refractivity contribution < 1.29 is 17.9 Å². The molecule has 0 fully saturated rings. The van der Waals surface area contributed by atoms with Crippen LogP contribution in [0.3, 0.4) is 0 Å². The second kappa shape index (κ2) is 12.9. The van der Waals surface area contributed by atoms with Gasteiger partial charge in [0, 0.05) is 30.9 Å². The number of amides is 1. The summed E-state index contributed by atoms with van der Waals surface area (Å²) in [5.41, 5.74) is 3.01. The number of rotatable bonds is 13. The summed E-state index contributed by atoms with van der Waals surface area (Å²) in [7, 11) is -3.64. The van der Waals surface area contributed by atoms with Crippen LogP contribution in [0.5, 0.6) is 5.75 Å². The Morgan fingerprint density at radius 2 is 1.70 bits per heavy atom. The molecule has 1 amide bonds. The first-order chi connectivity index (χ1) is 19.2. The van der Waals surface area contributed by atoms with E-state index in [-0.39, 0.29) is 10.8 Å². The van der Waals surface area contributed by atoms with Crippen molar-refractivity contribution in [3.05, 3.63) is 65.5 Å². The van der Waals surface area contributed by atoms with Crippen LogP contribution in [0.1, 0.15) is 55.4 Å². The molecule has 0 radical (unpaired) electrons. The highest BCUT2D eigenvalue weighted by Crippen LogP contribution is 2.35. The molecule has 0 aliphatic heterocycles. The molecular formula is C29H37N5O4S2. The highest BCUT2D eigenvalue weighted by Gasteiger charge is 2.26. The maximum atomic E-state index is 13.9. The van der Waals surface area contributed by atoms with Gasteiger partial charge in [0.05, 0.1) is 28.4 Å². The molecule has 0 N–H and O–H groups in total. The average Bonchev–Trinajstić information content (AvgIpc) is 3.51. The van der Waals surface area contributed by atoms with Crippen LogP contribution in [0.15, 0.2) is 53.4 Å². The predicted octanol–water partition coefficient (Wildman–Crippen LogP) is 5.67. The summed E-state index contributed by atoms with van der Waals surface area (Å²) >= 11 is 1.42. The number of aryl methyl sites for hydroxylation is 2. The zero-order valence-electron chi connectivity index (χ0n) is 23.8. The zero-order valence-corrected chi connectivity index (χ0v) is 25.4. The van der Waals surface area contributed by atoms with E-state index in [1.54, 1.807) is 17.0 Å². The lowest BCUT2D eigenvalue weighted by Crippen LogP contribution is -2.34. The van der Waals surface area contributed by atoms with Crippen LogP contribution in [-0.4, -0.2) is 59.6 Å². The van der Waals surface area contributed by atoms with E-state index in [2.05, 4.69) is 5.10 Å². The molecule has 0 aliphatic rings. The third kappa shape index (κ3) is 6.37. The number of carbonyl (C=O) groups excluding carboxylic acids is 1. The highest BCUT2D eigenvalue weighted by atomic mass is 32.2. The van der Waals surface area contributed by atoms with Crippen molar-refractivity contribution in [2.45, 2.75) is 58.9 Å². The largest absolute Gasteiger partial charge is 0.492 e. The number of hydrogen-bond donors (Lipinski definition) is 0. The van der Waals surface area contributed by atoms with Crippen molar-refractivity contribution >= 4 is 42.6 Å². The van der Waals surface area contributed by atoms with Crippen molar-refractivity contribution in [1.82, 2.24) is 19.1 Å². The van der Waals surface area contributed by atoms with Crippen molar-refractivity contribution in [1.29, 1.82) is 0 Å². The number of carbonyl (C=O) groups is 1. The number of para-hydroxylation sites is 1. The Hall–Kier alpha value is -3.28. The fraction of sp³-hybridized carbons (Fsp3) is 0.414. The van der Waals surface area contributed by atoms with Crippen LogP contribution in [-0.2, 0) is 16.6 Å². The molecule has 9 nitrogen and oxygen atoms in total. The van der Waals surface area contributed by atoms with Gasteiger partial charge in [-0.1, -0.05) is 31.3 Å². The molecule has 0 aliphatic carbocycles. The number of thiazole rings is 1. The van der Waals surface area contributed by atoms with E-state index in [1.807, 2.05) is 63.6 Å². The molecule has 2 aromatic heterocycles. The fourth-order valence-corrected chi connectivity index (χ4v) is 7.24. The Balaban J connectivity index is 1.68. The van der Waals surface area contributed by atoms with Gasteiger partial charge in [0.15, 0.2) is 5.13 Å². The third-order valence-electron chi connectivity index (χ3n) is 6.47. The quantitative estimate of drug-likeness (QED) is 0.201. The molecule has 2 aromatic carbocycles. The lowest BCUT2D eigenvalue weighted by atomic mass is 10.2. The lowest BCUT2D eigenvalue weighted by Gasteiger charge is -2.22. The normalized spacial score (nSPS) is 11.8. The molecule has 11 heteroatoms. The van der Waals surface area contributed by atoms with Gasteiger partial charge >= 0.3 is 0 Å². The summed E-state index contributed by atoms with van der Waals surface area (Å²) < 4.78 is 36.5. The third-order valence-corrected chi connectivity index (χ3v) is 9.43. The Morgan fingerprint density at radius 1 is 1.00 bits per heavy atom. The summed E-state index contributed by atoms with van der Waals surface area (Å²) in [5.74, 6) is 0.410. The summed E-state index contributed by atoms with van der Waals surface area (Å²) in [4.78, 5) is 20.5. The molecule has 40 heavy (non-hydrogen) atoms. The van der Waals surface area contributed by atoms with E-state index >= 15 is 0 Å². The second-order valence-electron chi connectivity index (χ2n) is 9.57. The molecule has 214 valence electrons. The van der Waals surface area contributed by atoms with E-state index in [4.69, 9.17) is 9.72 Å². The van der Waals surface area contributed by atoms with E-state index in [9.17, 15) is 13.2 Å². The van der Waals surface area contributed by atoms with E-state index < -0.39 is 10.0 Å². The van der Waals surface area contributed by atoms with Gasteiger partial charge in [0.2, 0.25) is 10.0 Å². The Bertz CT molecular complexity index is 1560. The summed E-state index contributed by atoms with van der Waals surface area (Å²) in [6, 6.07) is 13.9. The molecule has 0 bridgehead atoms. The second-order valence-corrected chi connectivity index (χ2v) is 12.5. The lowest BCUT2D eigenvalue weighted by molar-refractivity contribution is 0.0985. The first kappa shape index (κ1) is 29.7. The highest BCUT2D eigenvalue weighted by molar-refractivity contribution is 7.89. The zero-order chi connectivity index (χ0) is 28.9. The average molecular weight is 584 g/mol. The molecular weight excluding hydrogens is 546 g/mol. The van der Waals surface area contributed by atoms with Gasteiger partial charge in [-0.25, -0.2) is 13.4 Å². The van der Waals surface area contributed by atoms with Crippen LogP contribution in [0.2, 0.25) is 0 Å². The smallest absolute Gasteiger partial charge is 0.260 e.